The van der Waals surface area contributed by atoms with E-state index in [1.807, 2.05) is 31.3 Å². The van der Waals surface area contributed by atoms with Gasteiger partial charge in [0.05, 0.1) is 19.4 Å². The highest BCUT2D eigenvalue weighted by molar-refractivity contribution is 6.31. The van der Waals surface area contributed by atoms with Crippen LogP contribution in [0.15, 0.2) is 34.9 Å². The second-order valence-corrected chi connectivity index (χ2v) is 4.67. The number of nitrogens with one attached hydrogen (secondary N) is 1. The Bertz CT molecular complexity index is 551. The van der Waals surface area contributed by atoms with Gasteiger partial charge in [-0.05, 0) is 30.8 Å². The summed E-state index contributed by atoms with van der Waals surface area (Å²) < 4.78 is 10.7. The van der Waals surface area contributed by atoms with Gasteiger partial charge in [0, 0.05) is 17.0 Å². The molecular weight excluding hydrogens is 262 g/mol. The molecule has 4 heteroatoms. The van der Waals surface area contributed by atoms with E-state index in [2.05, 4.69) is 12.2 Å². The Morgan fingerprint density at radius 1 is 1.32 bits per heavy atom. The first-order valence-corrected chi connectivity index (χ1v) is 6.66. The lowest BCUT2D eigenvalue weighted by Gasteiger charge is -2.18. The molecule has 3 nitrogen and oxygen atoms in total. The SMILES string of the molecule is CCc1occc1C(NC)c1ccc(OC)cc1Cl. The van der Waals surface area contributed by atoms with Crippen molar-refractivity contribution in [3.63, 3.8) is 0 Å². The first-order chi connectivity index (χ1) is 9.21. The summed E-state index contributed by atoms with van der Waals surface area (Å²) in [4.78, 5) is 0. The highest BCUT2D eigenvalue weighted by atomic mass is 35.5. The van der Waals surface area contributed by atoms with Crippen LogP contribution in [-0.2, 0) is 6.42 Å². The molecule has 0 aliphatic heterocycles. The number of rotatable bonds is 5. The third-order valence-electron chi connectivity index (χ3n) is 3.22. The molecule has 1 heterocycles. The van der Waals surface area contributed by atoms with Crippen molar-refractivity contribution in [2.75, 3.05) is 14.2 Å². The Labute approximate surface area is 118 Å². The van der Waals surface area contributed by atoms with Crippen LogP contribution in [0.4, 0.5) is 0 Å². The molecule has 1 aromatic heterocycles. The maximum Gasteiger partial charge on any atom is 0.120 e. The first kappa shape index (κ1) is 14.0. The monoisotopic (exact) mass is 279 g/mol. The second kappa shape index (κ2) is 6.13. The van der Waals surface area contributed by atoms with Gasteiger partial charge in [0.1, 0.15) is 11.5 Å². The minimum atomic E-state index is 0.0205. The van der Waals surface area contributed by atoms with Crippen LogP contribution in [0.1, 0.15) is 29.9 Å². The molecule has 19 heavy (non-hydrogen) atoms. The molecule has 1 unspecified atom stereocenters. The maximum absolute atomic E-state index is 6.34. The fraction of sp³-hybridized carbons (Fsp3) is 0.333. The summed E-state index contributed by atoms with van der Waals surface area (Å²) >= 11 is 6.34. The van der Waals surface area contributed by atoms with E-state index in [0.717, 1.165) is 29.1 Å². The fourth-order valence-corrected chi connectivity index (χ4v) is 2.52. The molecule has 0 saturated heterocycles. The van der Waals surface area contributed by atoms with Crippen molar-refractivity contribution in [1.29, 1.82) is 0 Å². The van der Waals surface area contributed by atoms with Crippen LogP contribution in [-0.4, -0.2) is 14.2 Å². The number of methoxy groups -OCH3 is 1. The van der Waals surface area contributed by atoms with Gasteiger partial charge in [0.2, 0.25) is 0 Å². The summed E-state index contributed by atoms with van der Waals surface area (Å²) in [5.74, 6) is 1.73. The number of halogens is 1. The largest absolute Gasteiger partial charge is 0.497 e. The highest BCUT2D eigenvalue weighted by Gasteiger charge is 2.20. The van der Waals surface area contributed by atoms with Crippen LogP contribution in [0.25, 0.3) is 0 Å². The van der Waals surface area contributed by atoms with Crippen molar-refractivity contribution in [2.24, 2.45) is 0 Å². The molecule has 0 fully saturated rings. The summed E-state index contributed by atoms with van der Waals surface area (Å²) in [6, 6.07) is 7.73. The molecule has 1 atom stereocenters. The molecule has 1 N–H and O–H groups in total. The summed E-state index contributed by atoms with van der Waals surface area (Å²) in [6.07, 6.45) is 2.57. The third kappa shape index (κ3) is 2.77. The summed E-state index contributed by atoms with van der Waals surface area (Å²) in [5, 5.41) is 3.97. The first-order valence-electron chi connectivity index (χ1n) is 6.28. The topological polar surface area (TPSA) is 34.4 Å². The Balaban J connectivity index is 2.42. The van der Waals surface area contributed by atoms with Crippen LogP contribution in [0, 0.1) is 0 Å². The molecule has 0 aliphatic carbocycles. The minimum absolute atomic E-state index is 0.0205. The molecule has 0 bridgehead atoms. The second-order valence-electron chi connectivity index (χ2n) is 4.26. The van der Waals surface area contributed by atoms with E-state index in [-0.39, 0.29) is 6.04 Å². The van der Waals surface area contributed by atoms with Gasteiger partial charge in [0.15, 0.2) is 0 Å². The van der Waals surface area contributed by atoms with Crippen LogP contribution < -0.4 is 10.1 Å². The number of furan rings is 1. The number of aryl methyl sites for hydroxylation is 1. The van der Waals surface area contributed by atoms with Crippen LogP contribution >= 0.6 is 11.6 Å². The fourth-order valence-electron chi connectivity index (χ4n) is 2.24. The van der Waals surface area contributed by atoms with Crippen LogP contribution in [0.5, 0.6) is 5.75 Å². The van der Waals surface area contributed by atoms with E-state index in [1.54, 1.807) is 13.4 Å². The predicted octanol–water partition coefficient (Wildman–Crippen LogP) is 3.81. The number of benzene rings is 1. The zero-order valence-corrected chi connectivity index (χ0v) is 12.1. The summed E-state index contributed by atoms with van der Waals surface area (Å²) in [7, 11) is 3.55. The lowest BCUT2D eigenvalue weighted by Crippen LogP contribution is -2.18. The van der Waals surface area contributed by atoms with E-state index >= 15 is 0 Å². The molecule has 102 valence electrons. The van der Waals surface area contributed by atoms with E-state index in [9.17, 15) is 0 Å². The number of hydrogen-bond acceptors (Lipinski definition) is 3. The van der Waals surface area contributed by atoms with E-state index < -0.39 is 0 Å². The van der Waals surface area contributed by atoms with Gasteiger partial charge in [-0.25, -0.2) is 0 Å². The Morgan fingerprint density at radius 3 is 2.68 bits per heavy atom. The molecule has 2 aromatic rings. The van der Waals surface area contributed by atoms with Crippen molar-refractivity contribution >= 4 is 11.6 Å². The van der Waals surface area contributed by atoms with Crippen molar-refractivity contribution in [2.45, 2.75) is 19.4 Å². The van der Waals surface area contributed by atoms with Crippen molar-refractivity contribution in [3.05, 3.63) is 52.4 Å². The Kier molecular flexibility index (Phi) is 4.51. The molecular formula is C15H18ClNO2. The summed E-state index contributed by atoms with van der Waals surface area (Å²) in [6.45, 7) is 2.07. The summed E-state index contributed by atoms with van der Waals surface area (Å²) in [5.41, 5.74) is 2.14. The van der Waals surface area contributed by atoms with Gasteiger partial charge in [-0.15, -0.1) is 0 Å². The predicted molar refractivity (Wildman–Crippen MR) is 77.0 cm³/mol. The van der Waals surface area contributed by atoms with Gasteiger partial charge in [-0.3, -0.25) is 0 Å². The number of ether oxygens (including phenoxy) is 1. The van der Waals surface area contributed by atoms with Gasteiger partial charge in [-0.1, -0.05) is 24.6 Å². The van der Waals surface area contributed by atoms with Crippen LogP contribution in [0.2, 0.25) is 5.02 Å². The zero-order chi connectivity index (χ0) is 13.8. The molecule has 0 radical (unpaired) electrons. The molecule has 0 saturated carbocycles. The maximum atomic E-state index is 6.34. The highest BCUT2D eigenvalue weighted by Crippen LogP contribution is 2.33. The van der Waals surface area contributed by atoms with Gasteiger partial charge >= 0.3 is 0 Å². The quantitative estimate of drug-likeness (QED) is 0.904. The van der Waals surface area contributed by atoms with Crippen LogP contribution in [0.3, 0.4) is 0 Å². The molecule has 1 aromatic carbocycles. The smallest absolute Gasteiger partial charge is 0.120 e. The van der Waals surface area contributed by atoms with Gasteiger partial charge in [0.25, 0.3) is 0 Å². The Morgan fingerprint density at radius 2 is 2.11 bits per heavy atom. The average molecular weight is 280 g/mol. The van der Waals surface area contributed by atoms with Gasteiger partial charge in [-0.2, -0.15) is 0 Å². The molecule has 0 spiro atoms. The molecule has 0 amide bonds. The van der Waals surface area contributed by atoms with E-state index in [4.69, 9.17) is 20.8 Å². The van der Waals surface area contributed by atoms with E-state index in [1.165, 1.54) is 0 Å². The lowest BCUT2D eigenvalue weighted by atomic mass is 9.98. The number of hydrogen-bond donors (Lipinski definition) is 1. The normalized spacial score (nSPS) is 12.4. The molecule has 0 aliphatic rings. The van der Waals surface area contributed by atoms with Crippen molar-refractivity contribution < 1.29 is 9.15 Å². The minimum Gasteiger partial charge on any atom is -0.497 e. The van der Waals surface area contributed by atoms with Crippen molar-refractivity contribution in [3.8, 4) is 5.75 Å². The zero-order valence-electron chi connectivity index (χ0n) is 11.4. The third-order valence-corrected chi connectivity index (χ3v) is 3.55. The Hall–Kier alpha value is -1.45. The lowest BCUT2D eigenvalue weighted by molar-refractivity contribution is 0.414. The average Bonchev–Trinajstić information content (AvgIpc) is 2.89. The molecule has 2 rings (SSSR count). The van der Waals surface area contributed by atoms with E-state index in [0.29, 0.717) is 5.02 Å². The standard InChI is InChI=1S/C15H18ClNO2/c1-4-14-12(7-8-19-14)15(17-2)11-6-5-10(18-3)9-13(11)16/h5-9,15,17H,4H2,1-3H3. The van der Waals surface area contributed by atoms with Gasteiger partial charge < -0.3 is 14.5 Å². The van der Waals surface area contributed by atoms with Crippen molar-refractivity contribution in [1.82, 2.24) is 5.32 Å².